The number of nitrogens with zero attached hydrogens (tertiary/aromatic N) is 2. The maximum atomic E-state index is 12.2. The highest BCUT2D eigenvalue weighted by molar-refractivity contribution is 6.04. The molecule has 158 valence electrons. The van der Waals surface area contributed by atoms with Crippen molar-refractivity contribution in [1.29, 1.82) is 0 Å². The lowest BCUT2D eigenvalue weighted by Crippen LogP contribution is -2.29. The predicted octanol–water partition coefficient (Wildman–Crippen LogP) is 4.63. The second-order valence-electron chi connectivity index (χ2n) is 7.04. The highest BCUT2D eigenvalue weighted by Crippen LogP contribution is 2.26. The molecule has 4 N–H and O–H groups in total. The van der Waals surface area contributed by atoms with E-state index in [1.165, 1.54) is 0 Å². The van der Waals surface area contributed by atoms with Crippen molar-refractivity contribution in [2.75, 3.05) is 23.7 Å². The summed E-state index contributed by atoms with van der Waals surface area (Å²) in [6, 6.07) is 10.4. The molecule has 8 heteroatoms. The molecule has 1 heterocycles. The number of carbonyl (C=O) groups is 2. The molecule has 30 heavy (non-hydrogen) atoms. The molecule has 0 radical (unpaired) electrons. The van der Waals surface area contributed by atoms with Crippen LogP contribution in [0.1, 0.15) is 39.5 Å². The first-order chi connectivity index (χ1) is 14.6. The minimum absolute atomic E-state index is 0.267. The topological polar surface area (TPSA) is 108 Å². The first-order valence-corrected chi connectivity index (χ1v) is 10.4. The van der Waals surface area contributed by atoms with E-state index >= 15 is 0 Å². The van der Waals surface area contributed by atoms with Crippen LogP contribution in [0.2, 0.25) is 0 Å². The van der Waals surface area contributed by atoms with Crippen LogP contribution < -0.4 is 21.3 Å². The molecule has 0 saturated heterocycles. The van der Waals surface area contributed by atoms with Crippen molar-refractivity contribution in [3.63, 3.8) is 0 Å². The maximum Gasteiger partial charge on any atom is 0.319 e. The summed E-state index contributed by atoms with van der Waals surface area (Å²) in [4.78, 5) is 33.7. The Hall–Kier alpha value is -3.42. The van der Waals surface area contributed by atoms with Crippen LogP contribution in [0.15, 0.2) is 36.4 Å². The van der Waals surface area contributed by atoms with Gasteiger partial charge in [0.15, 0.2) is 0 Å². The van der Waals surface area contributed by atoms with Gasteiger partial charge in [0.1, 0.15) is 11.0 Å². The lowest BCUT2D eigenvalue weighted by molar-refractivity contribution is 0.251. The largest absolute Gasteiger partial charge is 0.338 e. The van der Waals surface area contributed by atoms with Gasteiger partial charge in [-0.1, -0.05) is 38.8 Å². The summed E-state index contributed by atoms with van der Waals surface area (Å²) in [5.41, 5.74) is 3.64. The number of carbonyl (C=O) groups excluding carboxylic acids is 2. The predicted molar refractivity (Wildman–Crippen MR) is 121 cm³/mol. The van der Waals surface area contributed by atoms with Gasteiger partial charge in [-0.3, -0.25) is 0 Å². The number of anilines is 2. The quantitative estimate of drug-likeness (QED) is 0.322. The third-order valence-corrected chi connectivity index (χ3v) is 4.62. The Labute approximate surface area is 175 Å². The average Bonchev–Trinajstić information content (AvgIpc) is 2.73. The molecule has 0 saturated carbocycles. The Bertz CT molecular complexity index is 953. The van der Waals surface area contributed by atoms with Crippen LogP contribution in [0, 0.1) is 0 Å². The Kier molecular flexibility index (Phi) is 7.37. The highest BCUT2D eigenvalue weighted by Gasteiger charge is 2.12. The highest BCUT2D eigenvalue weighted by atomic mass is 16.2. The number of para-hydroxylation sites is 2. The number of aromatic nitrogens is 2. The molecule has 4 amide bonds. The summed E-state index contributed by atoms with van der Waals surface area (Å²) in [6.45, 7) is 5.39. The van der Waals surface area contributed by atoms with Crippen molar-refractivity contribution in [3.05, 3.63) is 36.4 Å². The fourth-order valence-electron chi connectivity index (χ4n) is 3.01. The van der Waals surface area contributed by atoms with Crippen molar-refractivity contribution in [1.82, 2.24) is 20.6 Å². The molecule has 0 aliphatic heterocycles. The summed E-state index contributed by atoms with van der Waals surface area (Å²) in [7, 11) is 0. The molecule has 0 aliphatic rings. The van der Waals surface area contributed by atoms with Crippen LogP contribution in [0.4, 0.5) is 21.0 Å². The molecule has 0 unspecified atom stereocenters. The fraction of sp³-hybridized carbons (Fsp3) is 0.364. The summed E-state index contributed by atoms with van der Waals surface area (Å²) >= 11 is 0. The van der Waals surface area contributed by atoms with Gasteiger partial charge < -0.3 is 21.3 Å². The maximum absolute atomic E-state index is 12.2. The number of amides is 4. The van der Waals surface area contributed by atoms with Gasteiger partial charge in [-0.05, 0) is 37.1 Å². The number of benzene rings is 2. The molecule has 3 aromatic rings. The number of urea groups is 2. The molecular weight excluding hydrogens is 380 g/mol. The number of hydrogen-bond donors (Lipinski definition) is 4. The van der Waals surface area contributed by atoms with Crippen LogP contribution in [-0.4, -0.2) is 35.1 Å². The van der Waals surface area contributed by atoms with Gasteiger partial charge in [-0.2, -0.15) is 0 Å². The second kappa shape index (κ2) is 10.4. The smallest absolute Gasteiger partial charge is 0.319 e. The molecule has 0 bridgehead atoms. The molecule has 0 spiro atoms. The van der Waals surface area contributed by atoms with Gasteiger partial charge in [0.05, 0.1) is 22.4 Å². The zero-order valence-electron chi connectivity index (χ0n) is 17.4. The Morgan fingerprint density at radius 1 is 0.733 bits per heavy atom. The van der Waals surface area contributed by atoms with Crippen LogP contribution in [-0.2, 0) is 0 Å². The summed E-state index contributed by atoms with van der Waals surface area (Å²) in [6.07, 6.45) is 3.88. The number of nitrogens with one attached hydrogen (secondary N) is 4. The van der Waals surface area contributed by atoms with E-state index in [-0.39, 0.29) is 12.1 Å². The van der Waals surface area contributed by atoms with Crippen LogP contribution in [0.5, 0.6) is 0 Å². The third kappa shape index (κ3) is 5.34. The van der Waals surface area contributed by atoms with Crippen molar-refractivity contribution < 1.29 is 9.59 Å². The molecule has 0 atom stereocenters. The molecule has 3 rings (SSSR count). The van der Waals surface area contributed by atoms with Crippen molar-refractivity contribution >= 4 is 45.5 Å². The number of hydrogen-bond acceptors (Lipinski definition) is 4. The van der Waals surface area contributed by atoms with Gasteiger partial charge in [0, 0.05) is 13.1 Å². The van der Waals surface area contributed by atoms with Crippen molar-refractivity contribution in [2.45, 2.75) is 39.5 Å². The second-order valence-corrected chi connectivity index (χ2v) is 7.04. The average molecular weight is 409 g/mol. The van der Waals surface area contributed by atoms with Crippen LogP contribution in [0.3, 0.4) is 0 Å². The molecule has 0 aliphatic carbocycles. The minimum Gasteiger partial charge on any atom is -0.338 e. The molecular formula is C22H28N6O2. The Morgan fingerprint density at radius 2 is 1.17 bits per heavy atom. The van der Waals surface area contributed by atoms with E-state index in [1.54, 1.807) is 12.1 Å². The molecule has 1 aromatic heterocycles. The monoisotopic (exact) mass is 408 g/mol. The SMILES string of the molecule is CCCCNC(=O)Nc1cccc2nc3c(NC(=O)NCCCC)cccc3nc12. The first kappa shape index (κ1) is 21.3. The van der Waals surface area contributed by atoms with E-state index in [2.05, 4.69) is 35.1 Å². The zero-order chi connectivity index (χ0) is 21.3. The molecule has 2 aromatic carbocycles. The lowest BCUT2D eigenvalue weighted by Gasteiger charge is -2.12. The fourth-order valence-corrected chi connectivity index (χ4v) is 3.01. The minimum atomic E-state index is -0.267. The van der Waals surface area contributed by atoms with Gasteiger partial charge in [-0.15, -0.1) is 0 Å². The van der Waals surface area contributed by atoms with E-state index in [0.29, 0.717) is 46.5 Å². The normalized spacial score (nSPS) is 10.7. The van der Waals surface area contributed by atoms with Gasteiger partial charge >= 0.3 is 12.1 Å². The number of rotatable bonds is 8. The van der Waals surface area contributed by atoms with Gasteiger partial charge in [-0.25, -0.2) is 19.6 Å². The van der Waals surface area contributed by atoms with Crippen LogP contribution in [0.25, 0.3) is 22.1 Å². The van der Waals surface area contributed by atoms with Gasteiger partial charge in [0.2, 0.25) is 0 Å². The molecule has 8 nitrogen and oxygen atoms in total. The molecule has 0 fully saturated rings. The lowest BCUT2D eigenvalue weighted by atomic mass is 10.2. The van der Waals surface area contributed by atoms with Gasteiger partial charge in [0.25, 0.3) is 0 Å². The van der Waals surface area contributed by atoms with E-state index in [1.807, 2.05) is 24.3 Å². The summed E-state index contributed by atoms with van der Waals surface area (Å²) < 4.78 is 0. The van der Waals surface area contributed by atoms with E-state index in [9.17, 15) is 9.59 Å². The summed E-state index contributed by atoms with van der Waals surface area (Å²) in [5, 5.41) is 11.4. The van der Waals surface area contributed by atoms with E-state index in [4.69, 9.17) is 9.97 Å². The number of fused-ring (bicyclic) bond motifs is 2. The van der Waals surface area contributed by atoms with Crippen molar-refractivity contribution in [2.24, 2.45) is 0 Å². The summed E-state index contributed by atoms with van der Waals surface area (Å²) in [5.74, 6) is 0. The number of unbranched alkanes of at least 4 members (excludes halogenated alkanes) is 2. The van der Waals surface area contributed by atoms with Crippen molar-refractivity contribution in [3.8, 4) is 0 Å². The zero-order valence-corrected chi connectivity index (χ0v) is 17.4. The first-order valence-electron chi connectivity index (χ1n) is 10.4. The standard InChI is InChI=1S/C22H28N6O2/c1-3-5-13-23-21(29)27-17-11-7-9-15-19(17)25-16-10-8-12-18(20(16)26-15)28-22(30)24-14-6-4-2/h7-12H,3-6,13-14H2,1-2H3,(H2,23,27,29)(H2,24,28,30). The van der Waals surface area contributed by atoms with E-state index in [0.717, 1.165) is 25.7 Å². The Balaban J connectivity index is 1.86. The third-order valence-electron chi connectivity index (χ3n) is 4.62. The van der Waals surface area contributed by atoms with E-state index < -0.39 is 0 Å². The van der Waals surface area contributed by atoms with Crippen LogP contribution >= 0.6 is 0 Å². The Morgan fingerprint density at radius 3 is 1.57 bits per heavy atom.